The summed E-state index contributed by atoms with van der Waals surface area (Å²) in [7, 11) is -1.69. The molecule has 0 aromatic carbocycles. The molecule has 0 unspecified atom stereocenters. The van der Waals surface area contributed by atoms with E-state index in [2.05, 4.69) is 33.9 Å². The lowest BCUT2D eigenvalue weighted by Gasteiger charge is -2.36. The number of hydrogen-bond donors (Lipinski definition) is 1. The van der Waals surface area contributed by atoms with Crippen molar-refractivity contribution >= 4 is 36.9 Å². The topological polar surface area (TPSA) is 46.5 Å². The summed E-state index contributed by atoms with van der Waals surface area (Å²) in [6.45, 7) is 11.6. The van der Waals surface area contributed by atoms with Crippen LogP contribution in [0.2, 0.25) is 18.1 Å². The maximum atomic E-state index is 10.4. The first-order chi connectivity index (χ1) is 7.06. The third-order valence-corrected chi connectivity index (χ3v) is 8.28. The molecule has 0 amide bonds. The molecule has 1 N–H and O–H groups in total. The third-order valence-electron chi connectivity index (χ3n) is 2.89. The van der Waals surface area contributed by atoms with Crippen molar-refractivity contribution < 1.29 is 14.3 Å². The van der Waals surface area contributed by atoms with Crippen LogP contribution in [0.25, 0.3) is 0 Å². The summed E-state index contributed by atoms with van der Waals surface area (Å²) >= 11 is 2.04. The first-order valence-corrected chi connectivity index (χ1v) is 9.28. The minimum absolute atomic E-state index is 0.203. The van der Waals surface area contributed by atoms with Crippen LogP contribution in [-0.4, -0.2) is 26.0 Å². The zero-order valence-corrected chi connectivity index (χ0v) is 13.8. The van der Waals surface area contributed by atoms with Gasteiger partial charge in [-0.15, -0.1) is 0 Å². The van der Waals surface area contributed by atoms with E-state index in [4.69, 9.17) is 9.53 Å². The highest BCUT2D eigenvalue weighted by molar-refractivity contribution is 14.1. The largest absolute Gasteiger partial charge is 0.478 e. The second-order valence-corrected chi connectivity index (χ2v) is 11.5. The molecule has 0 fully saturated rings. The lowest BCUT2D eigenvalue weighted by atomic mass is 10.2. The molecule has 0 aliphatic carbocycles. The van der Waals surface area contributed by atoms with Gasteiger partial charge in [-0.25, -0.2) is 4.79 Å². The lowest BCUT2D eigenvalue weighted by Crippen LogP contribution is -2.40. The average Bonchev–Trinajstić information content (AvgIpc) is 1.99. The van der Waals surface area contributed by atoms with Gasteiger partial charge < -0.3 is 9.53 Å². The number of carboxylic acid groups (broad SMARTS) is 1. The van der Waals surface area contributed by atoms with Crippen LogP contribution in [0.4, 0.5) is 0 Å². The quantitative estimate of drug-likeness (QED) is 0.463. The van der Waals surface area contributed by atoms with Gasteiger partial charge in [0.2, 0.25) is 0 Å². The molecule has 94 valence electrons. The average molecular weight is 356 g/mol. The molecule has 0 aliphatic rings. The van der Waals surface area contributed by atoms with Crippen LogP contribution in [0.3, 0.4) is 0 Å². The Bertz CT molecular complexity index is 279. The Morgan fingerprint density at radius 1 is 1.44 bits per heavy atom. The Kier molecular flexibility index (Phi) is 6.20. The van der Waals surface area contributed by atoms with Crippen molar-refractivity contribution in [3.63, 3.8) is 0 Å². The summed E-state index contributed by atoms with van der Waals surface area (Å²) in [6, 6.07) is 0. The maximum absolute atomic E-state index is 10.4. The van der Waals surface area contributed by atoms with Crippen molar-refractivity contribution in [2.75, 3.05) is 6.61 Å². The predicted octanol–water partition coefficient (Wildman–Crippen LogP) is 3.80. The minimum Gasteiger partial charge on any atom is -0.478 e. The summed E-state index contributed by atoms with van der Waals surface area (Å²) < 4.78 is 6.77. The maximum Gasteiger partial charge on any atom is 0.329 e. The molecule has 0 rings (SSSR count). The van der Waals surface area contributed by atoms with Gasteiger partial charge in [-0.3, -0.25) is 0 Å². The van der Waals surface area contributed by atoms with Crippen molar-refractivity contribution in [3.05, 3.63) is 9.66 Å². The van der Waals surface area contributed by atoms with E-state index in [0.29, 0.717) is 13.0 Å². The monoisotopic (exact) mass is 356 g/mol. The Hall–Kier alpha value is 0.117. The number of carboxylic acids is 1. The van der Waals surface area contributed by atoms with E-state index in [9.17, 15) is 4.79 Å². The van der Waals surface area contributed by atoms with E-state index in [0.717, 1.165) is 3.58 Å². The van der Waals surface area contributed by atoms with Crippen LogP contribution < -0.4 is 0 Å². The summed E-state index contributed by atoms with van der Waals surface area (Å²) in [5, 5.41) is 8.76. The molecule has 0 aliphatic heterocycles. The molecule has 5 heteroatoms. The van der Waals surface area contributed by atoms with Gasteiger partial charge in [0.25, 0.3) is 0 Å². The normalized spacial score (nSPS) is 14.0. The molecule has 0 aromatic heterocycles. The summed E-state index contributed by atoms with van der Waals surface area (Å²) in [5.41, 5.74) is 0. The highest BCUT2D eigenvalue weighted by Gasteiger charge is 2.36. The number of hydrogen-bond acceptors (Lipinski definition) is 2. The summed E-state index contributed by atoms with van der Waals surface area (Å²) in [6.07, 6.45) is 1.91. The minimum atomic E-state index is -1.69. The molecular weight excluding hydrogens is 335 g/mol. The molecular formula is C11H21IO3Si. The highest BCUT2D eigenvalue weighted by atomic mass is 127. The molecule has 16 heavy (non-hydrogen) atoms. The molecule has 0 atom stereocenters. The molecule has 0 spiro atoms. The van der Waals surface area contributed by atoms with Crippen molar-refractivity contribution in [2.24, 2.45) is 0 Å². The molecule has 3 nitrogen and oxygen atoms in total. The van der Waals surface area contributed by atoms with Gasteiger partial charge >= 0.3 is 5.97 Å². The second kappa shape index (κ2) is 6.16. The zero-order chi connectivity index (χ0) is 13.0. The molecule has 0 heterocycles. The Balaban J connectivity index is 4.14. The van der Waals surface area contributed by atoms with E-state index in [1.165, 1.54) is 6.08 Å². The van der Waals surface area contributed by atoms with Crippen molar-refractivity contribution in [1.29, 1.82) is 0 Å². The first-order valence-electron chi connectivity index (χ1n) is 5.29. The van der Waals surface area contributed by atoms with Crippen LogP contribution in [-0.2, 0) is 9.22 Å². The van der Waals surface area contributed by atoms with Gasteiger partial charge in [-0.05, 0) is 40.7 Å². The summed E-state index contributed by atoms with van der Waals surface area (Å²) in [5.74, 6) is -0.892. The van der Waals surface area contributed by atoms with Gasteiger partial charge in [-0.1, -0.05) is 20.8 Å². The van der Waals surface area contributed by atoms with Gasteiger partial charge in [-0.2, -0.15) is 0 Å². The lowest BCUT2D eigenvalue weighted by molar-refractivity contribution is -0.131. The van der Waals surface area contributed by atoms with Crippen molar-refractivity contribution in [2.45, 2.75) is 45.3 Å². The standard InChI is InChI=1S/C11H21IO3Si/c1-11(2,3)16(4,5)15-7-6-9(12)8-10(13)14/h8H,6-7H2,1-5H3,(H,13,14)/b9-8-. The van der Waals surface area contributed by atoms with E-state index in [1.807, 2.05) is 22.6 Å². The molecule has 0 bridgehead atoms. The Labute approximate surface area is 113 Å². The second-order valence-electron chi connectivity index (χ2n) is 5.29. The Morgan fingerprint density at radius 3 is 2.31 bits per heavy atom. The molecule has 0 aromatic rings. The van der Waals surface area contributed by atoms with Crippen molar-refractivity contribution in [1.82, 2.24) is 0 Å². The number of halogens is 1. The number of aliphatic carboxylic acids is 1. The van der Waals surface area contributed by atoms with Gasteiger partial charge in [0.05, 0.1) is 0 Å². The first kappa shape index (κ1) is 16.1. The van der Waals surface area contributed by atoms with Crippen LogP contribution in [0.15, 0.2) is 9.66 Å². The third kappa shape index (κ3) is 6.00. The van der Waals surface area contributed by atoms with Gasteiger partial charge in [0.1, 0.15) is 0 Å². The van der Waals surface area contributed by atoms with Crippen LogP contribution in [0.5, 0.6) is 0 Å². The highest BCUT2D eigenvalue weighted by Crippen LogP contribution is 2.36. The Morgan fingerprint density at radius 2 is 1.94 bits per heavy atom. The molecule has 0 radical (unpaired) electrons. The molecule has 0 saturated heterocycles. The smallest absolute Gasteiger partial charge is 0.329 e. The fourth-order valence-corrected chi connectivity index (χ4v) is 2.36. The van der Waals surface area contributed by atoms with Gasteiger partial charge in [0.15, 0.2) is 8.32 Å². The number of carbonyl (C=O) groups is 1. The summed E-state index contributed by atoms with van der Waals surface area (Å²) in [4.78, 5) is 10.4. The zero-order valence-electron chi connectivity index (χ0n) is 10.6. The number of rotatable bonds is 5. The SMILES string of the molecule is CC(C)(C)[Si](C)(C)OCC/C(I)=C/C(=O)O. The van der Waals surface area contributed by atoms with Gasteiger partial charge in [0, 0.05) is 22.7 Å². The van der Waals surface area contributed by atoms with Crippen molar-refractivity contribution in [3.8, 4) is 0 Å². The van der Waals surface area contributed by atoms with Crippen LogP contribution in [0.1, 0.15) is 27.2 Å². The predicted molar refractivity (Wildman–Crippen MR) is 77.5 cm³/mol. The van der Waals surface area contributed by atoms with E-state index >= 15 is 0 Å². The van der Waals surface area contributed by atoms with E-state index in [-0.39, 0.29) is 5.04 Å². The van der Waals surface area contributed by atoms with E-state index < -0.39 is 14.3 Å². The van der Waals surface area contributed by atoms with Crippen LogP contribution >= 0.6 is 22.6 Å². The fourth-order valence-electron chi connectivity index (χ4n) is 0.826. The fraction of sp³-hybridized carbons (Fsp3) is 0.727. The van der Waals surface area contributed by atoms with Crippen LogP contribution in [0, 0.1) is 0 Å². The molecule has 0 saturated carbocycles. The van der Waals surface area contributed by atoms with E-state index in [1.54, 1.807) is 0 Å².